The molecule has 15 heteroatoms. The molecule has 1 unspecified atom stereocenters. The number of aromatic nitrogens is 2. The van der Waals surface area contributed by atoms with Gasteiger partial charge in [-0.05, 0) is 63.1 Å². The molecule has 0 spiro atoms. The van der Waals surface area contributed by atoms with Gasteiger partial charge < -0.3 is 19.5 Å². The average Bonchev–Trinajstić information content (AvgIpc) is 3.68. The number of benzene rings is 2. The van der Waals surface area contributed by atoms with E-state index in [1.165, 1.54) is 6.20 Å². The van der Waals surface area contributed by atoms with E-state index in [1.54, 1.807) is 17.2 Å². The molecule has 2 aliphatic rings. The predicted molar refractivity (Wildman–Crippen MR) is 175 cm³/mol. The van der Waals surface area contributed by atoms with Crippen molar-refractivity contribution >= 4 is 44.5 Å². The summed E-state index contributed by atoms with van der Waals surface area (Å²) >= 11 is 0. The highest BCUT2D eigenvalue weighted by Crippen LogP contribution is 2.31. The predicted octanol–water partition coefficient (Wildman–Crippen LogP) is 5.50. The second-order valence-electron chi connectivity index (χ2n) is 12.8. The first kappa shape index (κ1) is 33.3. The van der Waals surface area contributed by atoms with Crippen LogP contribution in [0.2, 0.25) is 0 Å². The van der Waals surface area contributed by atoms with Crippen molar-refractivity contribution in [1.82, 2.24) is 19.2 Å². The first-order chi connectivity index (χ1) is 22.7. The maximum atomic E-state index is 15.6. The number of hydrogen-bond acceptors (Lipinski definition) is 7. The fraction of sp³-hybridized carbons (Fsp3) is 0.364. The maximum absolute atomic E-state index is 15.6. The second-order valence-corrected chi connectivity index (χ2v) is 14.5. The highest BCUT2D eigenvalue weighted by Gasteiger charge is 2.33. The summed E-state index contributed by atoms with van der Waals surface area (Å²) in [4.78, 5) is 37.1. The molecule has 254 valence electrons. The average molecular weight is 685 g/mol. The van der Waals surface area contributed by atoms with E-state index in [0.717, 1.165) is 27.7 Å². The fourth-order valence-electron chi connectivity index (χ4n) is 5.77. The molecular weight excluding hydrogens is 649 g/mol. The van der Waals surface area contributed by atoms with Crippen LogP contribution in [0.1, 0.15) is 43.1 Å². The Balaban J connectivity index is 1.20. The molecule has 4 heterocycles. The number of carbonyl (C=O) groups excluding carboxylic acids is 2. The molecule has 2 aliphatic heterocycles. The number of aromatic amines is 1. The molecule has 6 rings (SSSR count). The van der Waals surface area contributed by atoms with E-state index >= 15 is 4.39 Å². The molecule has 0 aliphatic carbocycles. The smallest absolute Gasteiger partial charge is 0.410 e. The number of amides is 1. The summed E-state index contributed by atoms with van der Waals surface area (Å²) < 4.78 is 77.9. The number of halogens is 3. The molecule has 2 aromatic heterocycles. The molecule has 0 saturated carbocycles. The zero-order chi connectivity index (χ0) is 34.4. The van der Waals surface area contributed by atoms with Crippen molar-refractivity contribution in [2.24, 2.45) is 0 Å². The number of fused-ring (bicyclic) bond motifs is 1. The lowest BCUT2D eigenvalue weighted by Gasteiger charge is -2.36. The number of hydrogen-bond donors (Lipinski definition) is 2. The Labute approximate surface area is 275 Å². The van der Waals surface area contributed by atoms with Gasteiger partial charge in [0.15, 0.2) is 5.82 Å². The van der Waals surface area contributed by atoms with Gasteiger partial charge >= 0.3 is 16.3 Å². The van der Waals surface area contributed by atoms with Crippen LogP contribution in [0.3, 0.4) is 0 Å². The van der Waals surface area contributed by atoms with Gasteiger partial charge in [0, 0.05) is 73.9 Å². The van der Waals surface area contributed by atoms with Crippen molar-refractivity contribution in [1.29, 1.82) is 0 Å². The van der Waals surface area contributed by atoms with Crippen molar-refractivity contribution in [3.05, 3.63) is 77.6 Å². The monoisotopic (exact) mass is 684 g/mol. The minimum Gasteiger partial charge on any atom is -0.444 e. The summed E-state index contributed by atoms with van der Waals surface area (Å²) in [6.07, 6.45) is 1.24. The lowest BCUT2D eigenvalue weighted by atomic mass is 9.99. The zero-order valence-corrected chi connectivity index (χ0v) is 27.4. The second kappa shape index (κ2) is 12.8. The third-order valence-electron chi connectivity index (χ3n) is 8.26. The fourth-order valence-corrected chi connectivity index (χ4v) is 7.04. The third kappa shape index (κ3) is 6.83. The van der Waals surface area contributed by atoms with E-state index in [-0.39, 0.29) is 31.2 Å². The molecule has 2 fully saturated rings. The van der Waals surface area contributed by atoms with Gasteiger partial charge in [-0.1, -0.05) is 12.1 Å². The molecule has 2 N–H and O–H groups in total. The minimum atomic E-state index is -4.34. The topological polar surface area (TPSA) is 128 Å². The van der Waals surface area contributed by atoms with Crippen LogP contribution in [0.5, 0.6) is 0 Å². The molecule has 2 aromatic carbocycles. The molecule has 1 atom stereocenters. The standard InChI is InChI=1S/C33H35F3N6O5S/c1-33(2,3)47-32(44)41-14-12-40(13-15-41)23-6-4-20(5-7-23)21-16-24-25(18-38-31(24)37-17-21)30(43)28-26(35)8-9-27(29(28)36)39-48(45,46)42-11-10-22(34)19-42/h4-9,16-18,22,39H,10-15,19H2,1-3H3,(H,37,38). The van der Waals surface area contributed by atoms with Crippen LogP contribution in [-0.4, -0.2) is 90.5 Å². The van der Waals surface area contributed by atoms with Crippen LogP contribution in [-0.2, 0) is 14.9 Å². The first-order valence-corrected chi connectivity index (χ1v) is 16.9. The Bertz CT molecular complexity index is 1970. The van der Waals surface area contributed by atoms with Gasteiger partial charge in [-0.3, -0.25) is 9.52 Å². The van der Waals surface area contributed by atoms with Crippen LogP contribution in [0.4, 0.5) is 29.3 Å². The zero-order valence-electron chi connectivity index (χ0n) is 26.6. The Morgan fingerprint density at radius 2 is 1.71 bits per heavy atom. The number of rotatable bonds is 7. The van der Waals surface area contributed by atoms with Crippen LogP contribution in [0.25, 0.3) is 22.2 Å². The molecule has 11 nitrogen and oxygen atoms in total. The number of alkyl halides is 1. The number of carbonyl (C=O) groups is 2. The van der Waals surface area contributed by atoms with Crippen LogP contribution in [0.15, 0.2) is 54.9 Å². The molecule has 2 saturated heterocycles. The third-order valence-corrected chi connectivity index (χ3v) is 9.75. The normalized spacial score (nSPS) is 17.6. The first-order valence-electron chi connectivity index (χ1n) is 15.5. The van der Waals surface area contributed by atoms with Gasteiger partial charge in [-0.25, -0.2) is 22.9 Å². The molecule has 0 bridgehead atoms. The number of H-pyrrole nitrogens is 1. The summed E-state index contributed by atoms with van der Waals surface area (Å²) in [6, 6.07) is 11.0. The lowest BCUT2D eigenvalue weighted by Crippen LogP contribution is -2.50. The van der Waals surface area contributed by atoms with Gasteiger partial charge in [0.2, 0.25) is 5.78 Å². The highest BCUT2D eigenvalue weighted by atomic mass is 32.2. The number of anilines is 2. The Hall–Kier alpha value is -4.63. The van der Waals surface area contributed by atoms with Crippen molar-refractivity contribution < 1.29 is 35.9 Å². The van der Waals surface area contributed by atoms with E-state index < -0.39 is 50.7 Å². The number of nitrogens with zero attached hydrogens (tertiary/aromatic N) is 4. The van der Waals surface area contributed by atoms with Crippen molar-refractivity contribution in [2.75, 3.05) is 48.9 Å². The Morgan fingerprint density at radius 1 is 1.00 bits per heavy atom. The summed E-state index contributed by atoms with van der Waals surface area (Å²) in [5.41, 5.74) is 0.514. The molecule has 0 radical (unpaired) electrons. The van der Waals surface area contributed by atoms with Crippen molar-refractivity contribution in [3.8, 4) is 11.1 Å². The summed E-state index contributed by atoms with van der Waals surface area (Å²) in [5, 5.41) is 0.315. The Kier molecular flexibility index (Phi) is 8.85. The van der Waals surface area contributed by atoms with E-state index in [0.29, 0.717) is 42.8 Å². The SMILES string of the molecule is CC(C)(C)OC(=O)N1CCN(c2ccc(-c3cnc4[nH]cc(C(=O)c5c(F)ccc(NS(=O)(=O)N6CCC(F)C6)c5F)c4c3)cc2)CC1. The molecule has 1 amide bonds. The number of pyridine rings is 1. The number of ether oxygens (including phenoxy) is 1. The molecule has 4 aromatic rings. The van der Waals surface area contributed by atoms with Crippen LogP contribution >= 0.6 is 0 Å². The largest absolute Gasteiger partial charge is 0.444 e. The van der Waals surface area contributed by atoms with Crippen LogP contribution < -0.4 is 9.62 Å². The summed E-state index contributed by atoms with van der Waals surface area (Å²) in [6.45, 7) is 7.33. The van der Waals surface area contributed by atoms with E-state index in [1.807, 2.05) is 49.8 Å². The molecular formula is C33H35F3N6O5S. The minimum absolute atomic E-state index is 0.00591. The molecule has 48 heavy (non-hydrogen) atoms. The number of nitrogens with one attached hydrogen (secondary N) is 2. The van der Waals surface area contributed by atoms with Gasteiger partial charge in [-0.15, -0.1) is 0 Å². The van der Waals surface area contributed by atoms with E-state index in [2.05, 4.69) is 14.9 Å². The van der Waals surface area contributed by atoms with Gasteiger partial charge in [0.05, 0.1) is 11.3 Å². The number of piperazine rings is 1. The highest BCUT2D eigenvalue weighted by molar-refractivity contribution is 7.90. The van der Waals surface area contributed by atoms with Gasteiger partial charge in [0.1, 0.15) is 23.2 Å². The summed E-state index contributed by atoms with van der Waals surface area (Å²) in [7, 11) is -4.34. The van der Waals surface area contributed by atoms with E-state index in [4.69, 9.17) is 4.74 Å². The quantitative estimate of drug-likeness (QED) is 0.246. The summed E-state index contributed by atoms with van der Waals surface area (Å²) in [5.74, 6) is -3.57. The Morgan fingerprint density at radius 3 is 2.35 bits per heavy atom. The van der Waals surface area contributed by atoms with Gasteiger partial charge in [0.25, 0.3) is 0 Å². The van der Waals surface area contributed by atoms with Crippen LogP contribution in [0, 0.1) is 11.6 Å². The number of ketones is 1. The van der Waals surface area contributed by atoms with Crippen molar-refractivity contribution in [2.45, 2.75) is 39.0 Å². The van der Waals surface area contributed by atoms with Gasteiger partial charge in [-0.2, -0.15) is 12.7 Å². The maximum Gasteiger partial charge on any atom is 0.410 e. The van der Waals surface area contributed by atoms with Crippen molar-refractivity contribution in [3.63, 3.8) is 0 Å². The lowest BCUT2D eigenvalue weighted by molar-refractivity contribution is 0.0240. The van der Waals surface area contributed by atoms with E-state index in [9.17, 15) is 26.8 Å².